The highest BCUT2D eigenvalue weighted by atomic mass is 16.5. The van der Waals surface area contributed by atoms with Crippen molar-refractivity contribution in [1.29, 1.82) is 0 Å². The number of aliphatic imine (C=N–C) groups is 2. The molecule has 0 radical (unpaired) electrons. The molecule has 0 aromatic heterocycles. The molecule has 0 spiro atoms. The van der Waals surface area contributed by atoms with E-state index in [0.717, 1.165) is 29.7 Å². The zero-order valence-electron chi connectivity index (χ0n) is 21.4. The summed E-state index contributed by atoms with van der Waals surface area (Å²) >= 11 is 0. The summed E-state index contributed by atoms with van der Waals surface area (Å²) in [6.07, 6.45) is 8.08. The number of hydrogen-bond donors (Lipinski definition) is 1. The molecule has 190 valence electrons. The van der Waals surface area contributed by atoms with E-state index in [1.54, 1.807) is 19.4 Å². The van der Waals surface area contributed by atoms with Crippen LogP contribution in [0.4, 0.5) is 0 Å². The SMILES string of the molecule is COc1ccccc1C=NC1CCCCC1N=Cc1ccccc1O.c1ccccc1.c1ccccc1. The molecule has 5 rings (SSSR count). The van der Waals surface area contributed by atoms with Crippen LogP contribution in [0.2, 0.25) is 0 Å². The monoisotopic (exact) mass is 492 g/mol. The van der Waals surface area contributed by atoms with Gasteiger partial charge in [-0.1, -0.05) is 110 Å². The second-order valence-electron chi connectivity index (χ2n) is 8.59. The number of rotatable bonds is 5. The summed E-state index contributed by atoms with van der Waals surface area (Å²) < 4.78 is 5.38. The maximum Gasteiger partial charge on any atom is 0.127 e. The van der Waals surface area contributed by atoms with E-state index in [-0.39, 0.29) is 17.8 Å². The Morgan fingerprint density at radius 2 is 1.00 bits per heavy atom. The largest absolute Gasteiger partial charge is 0.507 e. The van der Waals surface area contributed by atoms with E-state index in [4.69, 9.17) is 14.7 Å². The summed E-state index contributed by atoms with van der Waals surface area (Å²) in [6, 6.07) is 39.5. The third-order valence-electron chi connectivity index (χ3n) is 5.91. The summed E-state index contributed by atoms with van der Waals surface area (Å²) in [4.78, 5) is 9.52. The Balaban J connectivity index is 0.000000257. The van der Waals surface area contributed by atoms with Gasteiger partial charge in [0.1, 0.15) is 11.5 Å². The Bertz CT molecular complexity index is 1110. The molecular formula is C33H36N2O2. The Morgan fingerprint density at radius 1 is 0.595 bits per heavy atom. The number of phenolic OH excluding ortho intramolecular Hbond substituents is 1. The van der Waals surface area contributed by atoms with Crippen LogP contribution in [-0.2, 0) is 0 Å². The molecule has 0 saturated heterocycles. The van der Waals surface area contributed by atoms with Crippen molar-refractivity contribution in [2.45, 2.75) is 37.8 Å². The molecule has 0 aliphatic heterocycles. The van der Waals surface area contributed by atoms with Gasteiger partial charge in [0.25, 0.3) is 0 Å². The maximum atomic E-state index is 9.88. The molecule has 1 fully saturated rings. The van der Waals surface area contributed by atoms with Gasteiger partial charge in [-0.05, 0) is 37.1 Å². The van der Waals surface area contributed by atoms with E-state index in [1.165, 1.54) is 12.8 Å². The van der Waals surface area contributed by atoms with Crippen LogP contribution < -0.4 is 4.74 Å². The van der Waals surface area contributed by atoms with Gasteiger partial charge >= 0.3 is 0 Å². The minimum Gasteiger partial charge on any atom is -0.507 e. The molecule has 4 heteroatoms. The molecule has 2 atom stereocenters. The quantitative estimate of drug-likeness (QED) is 0.291. The predicted molar refractivity (Wildman–Crippen MR) is 155 cm³/mol. The summed E-state index contributed by atoms with van der Waals surface area (Å²) in [6.45, 7) is 0. The zero-order valence-corrected chi connectivity index (χ0v) is 21.4. The first-order valence-electron chi connectivity index (χ1n) is 12.8. The van der Waals surface area contributed by atoms with Gasteiger partial charge in [-0.25, -0.2) is 0 Å². The molecule has 0 bridgehead atoms. The number of aromatic hydroxyl groups is 1. The fraction of sp³-hybridized carbons (Fsp3) is 0.212. The van der Waals surface area contributed by atoms with Crippen LogP contribution in [0.25, 0.3) is 0 Å². The second-order valence-corrected chi connectivity index (χ2v) is 8.59. The molecule has 0 heterocycles. The van der Waals surface area contributed by atoms with E-state index in [2.05, 4.69) is 0 Å². The van der Waals surface area contributed by atoms with E-state index in [9.17, 15) is 5.11 Å². The van der Waals surface area contributed by atoms with Crippen LogP contribution >= 0.6 is 0 Å². The van der Waals surface area contributed by atoms with Crippen LogP contribution in [0.15, 0.2) is 131 Å². The number of ether oxygens (including phenoxy) is 1. The van der Waals surface area contributed by atoms with E-state index in [1.807, 2.05) is 121 Å². The first-order chi connectivity index (χ1) is 18.3. The Labute approximate surface area is 221 Å². The van der Waals surface area contributed by atoms with E-state index in [0.29, 0.717) is 0 Å². The lowest BCUT2D eigenvalue weighted by atomic mass is 9.91. The molecule has 1 saturated carbocycles. The fourth-order valence-electron chi connectivity index (χ4n) is 3.93. The molecule has 4 aromatic carbocycles. The lowest BCUT2D eigenvalue weighted by Crippen LogP contribution is -2.27. The Hall–Kier alpha value is -4.18. The van der Waals surface area contributed by atoms with Gasteiger partial charge in [-0.15, -0.1) is 0 Å². The average molecular weight is 493 g/mol. The lowest BCUT2D eigenvalue weighted by molar-refractivity contribution is 0.389. The van der Waals surface area contributed by atoms with Crippen molar-refractivity contribution in [3.63, 3.8) is 0 Å². The van der Waals surface area contributed by atoms with E-state index >= 15 is 0 Å². The minimum atomic E-state index is 0.152. The summed E-state index contributed by atoms with van der Waals surface area (Å²) in [5.74, 6) is 1.09. The van der Waals surface area contributed by atoms with Gasteiger partial charge in [-0.2, -0.15) is 0 Å². The maximum absolute atomic E-state index is 9.88. The molecule has 4 nitrogen and oxygen atoms in total. The third kappa shape index (κ3) is 10.1. The Kier molecular flexibility index (Phi) is 12.2. The summed E-state index contributed by atoms with van der Waals surface area (Å²) in [5, 5.41) is 9.88. The molecule has 37 heavy (non-hydrogen) atoms. The van der Waals surface area contributed by atoms with Crippen molar-refractivity contribution in [2.75, 3.05) is 7.11 Å². The lowest BCUT2D eigenvalue weighted by Gasteiger charge is -2.25. The standard InChI is InChI=1S/C21H24N2O2.2C6H6/c1-25-21-13-7-3-9-17(21)15-23-19-11-5-4-10-18(19)22-14-16-8-2-6-12-20(16)24;2*1-2-4-6-5-3-1/h2-3,6-9,12-15,18-19,24H,4-5,10-11H2,1H3;2*1-6H. The van der Waals surface area contributed by atoms with Gasteiger partial charge in [0, 0.05) is 23.6 Å². The number of nitrogens with zero attached hydrogens (tertiary/aromatic N) is 2. The van der Waals surface area contributed by atoms with Crippen LogP contribution in [0.5, 0.6) is 11.5 Å². The summed E-state index contributed by atoms with van der Waals surface area (Å²) in [5.41, 5.74) is 1.74. The van der Waals surface area contributed by atoms with Crippen molar-refractivity contribution in [3.05, 3.63) is 132 Å². The van der Waals surface area contributed by atoms with Gasteiger partial charge in [0.15, 0.2) is 0 Å². The molecule has 4 aromatic rings. The molecule has 0 amide bonds. The smallest absolute Gasteiger partial charge is 0.127 e. The number of methoxy groups -OCH3 is 1. The third-order valence-corrected chi connectivity index (χ3v) is 5.91. The average Bonchev–Trinajstić information content (AvgIpc) is 2.99. The van der Waals surface area contributed by atoms with Crippen molar-refractivity contribution in [3.8, 4) is 11.5 Å². The normalized spacial score (nSPS) is 16.8. The van der Waals surface area contributed by atoms with Crippen LogP contribution in [0.1, 0.15) is 36.8 Å². The van der Waals surface area contributed by atoms with Gasteiger partial charge in [-0.3, -0.25) is 9.98 Å². The molecule has 1 N–H and O–H groups in total. The predicted octanol–water partition coefficient (Wildman–Crippen LogP) is 7.62. The van der Waals surface area contributed by atoms with Gasteiger partial charge in [0.2, 0.25) is 0 Å². The van der Waals surface area contributed by atoms with E-state index < -0.39 is 0 Å². The topological polar surface area (TPSA) is 54.2 Å². The summed E-state index contributed by atoms with van der Waals surface area (Å²) in [7, 11) is 1.67. The van der Waals surface area contributed by atoms with Crippen molar-refractivity contribution in [2.24, 2.45) is 9.98 Å². The first kappa shape index (κ1) is 27.4. The van der Waals surface area contributed by atoms with Gasteiger partial charge in [0.05, 0.1) is 19.2 Å². The number of para-hydroxylation sites is 2. The first-order valence-corrected chi connectivity index (χ1v) is 12.8. The number of hydrogen-bond acceptors (Lipinski definition) is 4. The Morgan fingerprint density at radius 3 is 1.46 bits per heavy atom. The van der Waals surface area contributed by atoms with Crippen molar-refractivity contribution >= 4 is 12.4 Å². The molecular weight excluding hydrogens is 456 g/mol. The van der Waals surface area contributed by atoms with Crippen molar-refractivity contribution < 1.29 is 9.84 Å². The van der Waals surface area contributed by atoms with Crippen LogP contribution in [0.3, 0.4) is 0 Å². The number of phenols is 1. The zero-order chi connectivity index (χ0) is 26.0. The van der Waals surface area contributed by atoms with Crippen LogP contribution in [0, 0.1) is 0 Å². The van der Waals surface area contributed by atoms with Crippen molar-refractivity contribution in [1.82, 2.24) is 0 Å². The minimum absolute atomic E-state index is 0.152. The molecule has 2 unspecified atom stereocenters. The molecule has 1 aliphatic rings. The van der Waals surface area contributed by atoms with Gasteiger partial charge < -0.3 is 9.84 Å². The molecule has 1 aliphatic carbocycles. The van der Waals surface area contributed by atoms with Crippen LogP contribution in [-0.4, -0.2) is 36.7 Å². The highest BCUT2D eigenvalue weighted by molar-refractivity contribution is 5.84. The highest BCUT2D eigenvalue weighted by Crippen LogP contribution is 2.25. The number of benzene rings is 4. The second kappa shape index (κ2) is 16.5. The highest BCUT2D eigenvalue weighted by Gasteiger charge is 2.23. The fourth-order valence-corrected chi connectivity index (χ4v) is 3.93.